The summed E-state index contributed by atoms with van der Waals surface area (Å²) in [7, 11) is 0. The highest BCUT2D eigenvalue weighted by Gasteiger charge is 2.39. The number of rotatable bonds is 0. The summed E-state index contributed by atoms with van der Waals surface area (Å²) < 4.78 is 0. The van der Waals surface area contributed by atoms with E-state index in [9.17, 15) is 25.8 Å². The molecule has 2 aromatic carbocycles. The number of nitrogens with zero attached hydrogens (tertiary/aromatic N) is 6. The number of aromatic nitrogens is 2. The molecule has 7 heteroatoms. The van der Waals surface area contributed by atoms with Crippen LogP contribution in [0.4, 0.5) is 0 Å². The summed E-state index contributed by atoms with van der Waals surface area (Å²) >= 11 is 0. The van der Waals surface area contributed by atoms with Crippen LogP contribution >= 0.6 is 0 Å². The Kier molecular flexibility index (Phi) is 3.37. The van der Waals surface area contributed by atoms with Gasteiger partial charge in [-0.05, 0) is 35.4 Å². The Morgan fingerprint density at radius 1 is 0.700 bits per heavy atom. The molecular weight excluding hydrogens is 376 g/mol. The Balaban J connectivity index is 1.90. The Bertz CT molecular complexity index is 1530. The molecule has 134 valence electrons. The maximum absolute atomic E-state index is 13.3. The molecule has 0 fully saturated rings. The van der Waals surface area contributed by atoms with Crippen molar-refractivity contribution in [2.24, 2.45) is 0 Å². The van der Waals surface area contributed by atoms with Crippen molar-refractivity contribution in [3.63, 3.8) is 0 Å². The van der Waals surface area contributed by atoms with E-state index in [1.54, 1.807) is 30.3 Å². The van der Waals surface area contributed by atoms with Gasteiger partial charge >= 0.3 is 0 Å². The summed E-state index contributed by atoms with van der Waals surface area (Å²) in [6, 6.07) is 17.5. The van der Waals surface area contributed by atoms with Crippen LogP contribution in [0.5, 0.6) is 0 Å². The number of hydrogen-bond donors (Lipinski definition) is 0. The van der Waals surface area contributed by atoms with E-state index in [2.05, 4.69) is 10.2 Å². The first-order chi connectivity index (χ1) is 14.6. The predicted octanol–water partition coefficient (Wildman–Crippen LogP) is 3.26. The van der Waals surface area contributed by atoms with Crippen LogP contribution in [0, 0.1) is 45.3 Å². The van der Waals surface area contributed by atoms with Crippen molar-refractivity contribution in [3.05, 3.63) is 75.5 Å². The van der Waals surface area contributed by atoms with E-state index in [0.717, 1.165) is 0 Å². The van der Waals surface area contributed by atoms with Crippen molar-refractivity contribution in [1.82, 2.24) is 10.2 Å². The van der Waals surface area contributed by atoms with Gasteiger partial charge in [0.15, 0.2) is 5.78 Å². The van der Waals surface area contributed by atoms with Gasteiger partial charge in [-0.2, -0.15) is 21.0 Å². The number of benzene rings is 2. The molecule has 1 aromatic heterocycles. The molecule has 5 rings (SSSR count). The zero-order valence-corrected chi connectivity index (χ0v) is 15.1. The van der Waals surface area contributed by atoms with Gasteiger partial charge in [0.2, 0.25) is 0 Å². The third-order valence-electron chi connectivity index (χ3n) is 5.25. The number of fused-ring (bicyclic) bond motifs is 7. The van der Waals surface area contributed by atoms with Crippen molar-refractivity contribution >= 4 is 11.4 Å². The van der Waals surface area contributed by atoms with Crippen molar-refractivity contribution < 1.29 is 4.79 Å². The smallest absolute Gasteiger partial charge is 0.196 e. The van der Waals surface area contributed by atoms with Gasteiger partial charge in [-0.15, -0.1) is 10.2 Å². The van der Waals surface area contributed by atoms with Crippen molar-refractivity contribution in [2.75, 3.05) is 0 Å². The summed E-state index contributed by atoms with van der Waals surface area (Å²) in [5.74, 6) is -0.296. The predicted molar refractivity (Wildman–Crippen MR) is 103 cm³/mol. The molecular formula is C23H6N6O. The molecule has 2 aliphatic carbocycles. The molecule has 7 nitrogen and oxygen atoms in total. The van der Waals surface area contributed by atoms with Crippen LogP contribution in [0.2, 0.25) is 0 Å². The molecule has 0 atom stereocenters. The third-order valence-corrected chi connectivity index (χ3v) is 5.25. The fraction of sp³-hybridized carbons (Fsp3) is 0. The summed E-state index contributed by atoms with van der Waals surface area (Å²) in [5, 5.41) is 45.9. The second-order valence-electron chi connectivity index (χ2n) is 6.69. The average Bonchev–Trinajstić information content (AvgIpc) is 3.26. The fourth-order valence-electron chi connectivity index (χ4n) is 3.98. The molecule has 0 amide bonds. The van der Waals surface area contributed by atoms with Crippen LogP contribution in [-0.4, -0.2) is 16.0 Å². The molecule has 0 saturated carbocycles. The number of carbonyl (C=O) groups excluding carboxylic acids is 1. The molecule has 0 radical (unpaired) electrons. The first-order valence-electron chi connectivity index (χ1n) is 8.72. The van der Waals surface area contributed by atoms with E-state index in [0.29, 0.717) is 50.2 Å². The molecule has 0 saturated heterocycles. The lowest BCUT2D eigenvalue weighted by Gasteiger charge is -2.05. The lowest BCUT2D eigenvalue weighted by molar-refractivity contribution is 0.104. The van der Waals surface area contributed by atoms with E-state index >= 15 is 0 Å². The van der Waals surface area contributed by atoms with Crippen LogP contribution < -0.4 is 0 Å². The molecule has 0 unspecified atom stereocenters. The van der Waals surface area contributed by atoms with Crippen LogP contribution in [0.3, 0.4) is 0 Å². The quantitative estimate of drug-likeness (QED) is 0.375. The standard InChI is InChI=1S/C23H6N6O/c24-7-11-1-3-14-16(5-11)18(13(9-26)10-27)22-19(14)20-21(28-29-22)15-4-2-12(8-25)6-17(15)23(20)30/h1-6H. The average molecular weight is 382 g/mol. The molecule has 0 spiro atoms. The third kappa shape index (κ3) is 2.01. The normalized spacial score (nSPS) is 11.9. The Labute approximate surface area is 170 Å². The summed E-state index contributed by atoms with van der Waals surface area (Å²) in [6.45, 7) is 0. The molecule has 1 heterocycles. The number of allylic oxidation sites excluding steroid dienone is 1. The Hall–Kier alpha value is -5.11. The Morgan fingerprint density at radius 3 is 1.93 bits per heavy atom. The van der Waals surface area contributed by atoms with Gasteiger partial charge in [0.25, 0.3) is 0 Å². The molecule has 2 aliphatic rings. The van der Waals surface area contributed by atoms with Gasteiger partial charge in [-0.25, -0.2) is 0 Å². The second-order valence-corrected chi connectivity index (χ2v) is 6.69. The number of carbonyl (C=O) groups is 1. The minimum absolute atomic E-state index is 0.172. The van der Waals surface area contributed by atoms with Crippen LogP contribution in [0.1, 0.15) is 38.3 Å². The van der Waals surface area contributed by atoms with Gasteiger partial charge in [-0.1, -0.05) is 12.1 Å². The van der Waals surface area contributed by atoms with Gasteiger partial charge in [0.1, 0.15) is 29.1 Å². The van der Waals surface area contributed by atoms with Crippen LogP contribution in [0.25, 0.3) is 28.0 Å². The maximum atomic E-state index is 13.3. The molecule has 3 aromatic rings. The monoisotopic (exact) mass is 382 g/mol. The zero-order valence-electron chi connectivity index (χ0n) is 15.1. The zero-order chi connectivity index (χ0) is 21.0. The molecule has 30 heavy (non-hydrogen) atoms. The van der Waals surface area contributed by atoms with Crippen molar-refractivity contribution in [1.29, 1.82) is 21.0 Å². The van der Waals surface area contributed by atoms with E-state index in [-0.39, 0.29) is 22.6 Å². The lowest BCUT2D eigenvalue weighted by atomic mass is 9.98. The molecule has 0 bridgehead atoms. The van der Waals surface area contributed by atoms with Crippen molar-refractivity contribution in [2.45, 2.75) is 0 Å². The van der Waals surface area contributed by atoms with Gasteiger partial charge in [0, 0.05) is 22.3 Å². The summed E-state index contributed by atoms with van der Waals surface area (Å²) in [4.78, 5) is 13.3. The number of nitriles is 4. The van der Waals surface area contributed by atoms with E-state index < -0.39 is 0 Å². The summed E-state index contributed by atoms with van der Waals surface area (Å²) in [6.07, 6.45) is 0. The van der Waals surface area contributed by atoms with Crippen molar-refractivity contribution in [3.8, 4) is 46.7 Å². The van der Waals surface area contributed by atoms with E-state index in [1.165, 1.54) is 6.07 Å². The fourth-order valence-corrected chi connectivity index (χ4v) is 3.98. The second kappa shape index (κ2) is 5.94. The topological polar surface area (TPSA) is 138 Å². The SMILES string of the molecule is N#CC(C#N)=C1c2cc(C#N)ccc2-c2c1nnc1c2C(=O)c2cc(C#N)ccc2-1. The lowest BCUT2D eigenvalue weighted by Crippen LogP contribution is -2.02. The maximum Gasteiger partial charge on any atom is 0.196 e. The molecule has 0 aliphatic heterocycles. The molecule has 0 N–H and O–H groups in total. The van der Waals surface area contributed by atoms with Crippen LogP contribution in [0.15, 0.2) is 42.0 Å². The minimum Gasteiger partial charge on any atom is -0.288 e. The largest absolute Gasteiger partial charge is 0.288 e. The highest BCUT2D eigenvalue weighted by molar-refractivity contribution is 6.26. The van der Waals surface area contributed by atoms with Gasteiger partial charge < -0.3 is 0 Å². The number of hydrogen-bond acceptors (Lipinski definition) is 7. The number of ketones is 1. The van der Waals surface area contributed by atoms with Gasteiger partial charge in [-0.3, -0.25) is 4.79 Å². The highest BCUT2D eigenvalue weighted by atomic mass is 16.1. The first-order valence-corrected chi connectivity index (χ1v) is 8.72. The van der Waals surface area contributed by atoms with E-state index in [1.807, 2.05) is 24.3 Å². The highest BCUT2D eigenvalue weighted by Crippen LogP contribution is 2.50. The van der Waals surface area contributed by atoms with Gasteiger partial charge in [0.05, 0.1) is 28.8 Å². The van der Waals surface area contributed by atoms with Crippen LogP contribution in [-0.2, 0) is 0 Å². The first kappa shape index (κ1) is 17.0. The summed E-state index contributed by atoms with van der Waals surface area (Å²) in [5.41, 5.74) is 4.30. The Morgan fingerprint density at radius 2 is 1.30 bits per heavy atom. The minimum atomic E-state index is -0.296. The van der Waals surface area contributed by atoms with E-state index in [4.69, 9.17) is 0 Å².